The van der Waals surface area contributed by atoms with Gasteiger partial charge in [0.2, 0.25) is 33.5 Å². The Hall–Kier alpha value is -12.7. The van der Waals surface area contributed by atoms with E-state index in [0.717, 1.165) is 76.9 Å². The van der Waals surface area contributed by atoms with E-state index in [1.165, 1.54) is 30.3 Å². The number of rotatable bonds is 4. The molecule has 0 bridgehead atoms. The summed E-state index contributed by atoms with van der Waals surface area (Å²) in [5, 5.41) is 163. The summed E-state index contributed by atoms with van der Waals surface area (Å²) in [5.74, 6) is -7.65. The second-order valence-corrected chi connectivity index (χ2v) is 19.2. The molecule has 12 rings (SSSR count). The summed E-state index contributed by atoms with van der Waals surface area (Å²) in [6.45, 7) is 7.80. The molecule has 0 fully saturated rings. The standard InChI is InChI=1S/C17H14O4.C16H12O5.C15H10O8.C15H10O7/c1-9-5-12(18)8-16-17(9)10(2)6-15(21-16)11-3-4-13(19)14(20)7-11;1-8-2-4-9(5-3-8)16-15(20)14(19)13-11(18)6-10(17)7-12(13)21-16;16-6-3-7(17)11-10(4-6)23-15(14(22)13(11)21)5-1-8(18)12(20)9(19)2-5;16-7-4-10(19)12-11(5-7)22-15(14(21)13(12)20)6-1-2-8(17)9(18)3-6/h3-8,18-20H,2H2,1H3;2-7,17-18,20H,1H3;1-4,16-20,22H;1-5,16-19,21H. The fourth-order valence-electron chi connectivity index (χ4n) is 8.94. The molecule has 0 aliphatic carbocycles. The number of aryl methyl sites for hydroxylation is 2. The van der Waals surface area contributed by atoms with E-state index in [-0.39, 0.29) is 95.8 Å². The third-order valence-corrected chi connectivity index (χ3v) is 13.1. The number of ether oxygens (including phenoxy) is 1. The Morgan fingerprint density at radius 2 is 0.713 bits per heavy atom. The number of hydrogen-bond donors (Lipinski definition) is 17. The van der Waals surface area contributed by atoms with E-state index in [1.54, 1.807) is 30.3 Å². The maximum absolute atomic E-state index is 12.2. The van der Waals surface area contributed by atoms with Crippen molar-refractivity contribution in [1.29, 1.82) is 0 Å². The smallest absolute Gasteiger partial charge is 0.238 e. The lowest BCUT2D eigenvalue weighted by Gasteiger charge is -2.22. The highest BCUT2D eigenvalue weighted by atomic mass is 16.5. The van der Waals surface area contributed by atoms with Gasteiger partial charge >= 0.3 is 0 Å². The van der Waals surface area contributed by atoms with E-state index in [1.807, 2.05) is 26.0 Å². The fourth-order valence-corrected chi connectivity index (χ4v) is 8.94. The Bertz CT molecular complexity index is 4840. The van der Waals surface area contributed by atoms with Gasteiger partial charge in [0.15, 0.2) is 57.5 Å². The first-order valence-electron chi connectivity index (χ1n) is 25.0. The van der Waals surface area contributed by atoms with Crippen molar-refractivity contribution in [3.05, 3.63) is 187 Å². The first-order valence-corrected chi connectivity index (χ1v) is 25.0. The molecule has 0 saturated heterocycles. The first-order chi connectivity index (χ1) is 41.1. The van der Waals surface area contributed by atoms with Crippen LogP contribution in [0.2, 0.25) is 0 Å². The Morgan fingerprint density at radius 1 is 0.345 bits per heavy atom. The number of fused-ring (bicyclic) bond motifs is 4. The third-order valence-electron chi connectivity index (χ3n) is 13.1. The van der Waals surface area contributed by atoms with Gasteiger partial charge in [-0.15, -0.1) is 0 Å². The topological polar surface area (TPSA) is 444 Å². The zero-order chi connectivity index (χ0) is 63.2. The first kappa shape index (κ1) is 58.9. The molecule has 87 heavy (non-hydrogen) atoms. The molecule has 0 saturated carbocycles. The van der Waals surface area contributed by atoms with Gasteiger partial charge in [0.25, 0.3) is 0 Å². The quantitative estimate of drug-likeness (QED) is 0.0728. The predicted octanol–water partition coefficient (Wildman–Crippen LogP) is 10.1. The van der Waals surface area contributed by atoms with Crippen molar-refractivity contribution in [1.82, 2.24) is 0 Å². The van der Waals surface area contributed by atoms with Gasteiger partial charge in [-0.1, -0.05) is 36.4 Å². The predicted molar refractivity (Wildman–Crippen MR) is 312 cm³/mol. The van der Waals surface area contributed by atoms with Crippen molar-refractivity contribution in [3.8, 4) is 137 Å². The van der Waals surface area contributed by atoms with Crippen LogP contribution in [0.4, 0.5) is 0 Å². The van der Waals surface area contributed by atoms with Crippen molar-refractivity contribution >= 4 is 44.2 Å². The number of aromatic hydroxyl groups is 17. The van der Waals surface area contributed by atoms with Crippen LogP contribution in [0.1, 0.15) is 22.3 Å². The van der Waals surface area contributed by atoms with E-state index in [9.17, 15) is 101 Å². The maximum Gasteiger partial charge on any atom is 0.238 e. The molecule has 0 unspecified atom stereocenters. The fraction of sp³-hybridized carbons (Fsp3) is 0.0317. The molecule has 0 amide bonds. The van der Waals surface area contributed by atoms with Crippen molar-refractivity contribution in [2.45, 2.75) is 13.8 Å². The molecule has 0 atom stereocenters. The lowest BCUT2D eigenvalue weighted by Crippen LogP contribution is -2.04. The van der Waals surface area contributed by atoms with Crippen LogP contribution >= 0.6 is 0 Å². The summed E-state index contributed by atoms with van der Waals surface area (Å²) in [6.07, 6.45) is 1.76. The summed E-state index contributed by atoms with van der Waals surface area (Å²) >= 11 is 0. The van der Waals surface area contributed by atoms with Gasteiger partial charge in [-0.3, -0.25) is 14.4 Å². The van der Waals surface area contributed by atoms with Crippen LogP contribution in [0, 0.1) is 13.8 Å². The Labute approximate surface area is 485 Å². The maximum atomic E-state index is 12.2. The van der Waals surface area contributed by atoms with Gasteiger partial charge in [0, 0.05) is 70.3 Å². The molecule has 3 aromatic heterocycles. The molecule has 1 aliphatic rings. The van der Waals surface area contributed by atoms with Crippen molar-refractivity contribution in [2.75, 3.05) is 0 Å². The third kappa shape index (κ3) is 11.6. The molecule has 1 aliphatic heterocycles. The van der Waals surface area contributed by atoms with Crippen LogP contribution in [0.5, 0.6) is 103 Å². The van der Waals surface area contributed by atoms with Crippen LogP contribution in [-0.2, 0) is 0 Å². The SMILES string of the molecule is C=C1C=C(c2ccc(O)c(O)c2)Oc2cc(O)cc(C)c21.Cc1ccc(-c2oc3cc(O)cc(O)c3c(=O)c2O)cc1.O=c1c(O)c(-c2cc(O)c(O)c(O)c2)oc2cc(O)cc(O)c12.O=c1c(O)c(-c2ccc(O)c(O)c2)oc2cc(O)cc(O)c12. The average Bonchev–Trinajstić information content (AvgIpc) is 1.15. The molecule has 24 heteroatoms. The highest BCUT2D eigenvalue weighted by Gasteiger charge is 2.24. The number of phenolic OH excluding ortho intramolecular Hbond substituents is 14. The molecule has 4 heterocycles. The minimum Gasteiger partial charge on any atom is -0.508 e. The molecule has 0 radical (unpaired) electrons. The minimum atomic E-state index is -0.967. The molecular formula is C63H46O24. The number of phenols is 14. The van der Waals surface area contributed by atoms with Gasteiger partial charge in [-0.05, 0) is 85.7 Å². The van der Waals surface area contributed by atoms with Crippen LogP contribution in [0.15, 0.2) is 162 Å². The lowest BCUT2D eigenvalue weighted by molar-refractivity contribution is 0.368. The summed E-state index contributed by atoms with van der Waals surface area (Å²) in [5.41, 5.74) is 1.73. The number of hydrogen-bond acceptors (Lipinski definition) is 24. The number of benzene rings is 8. The molecule has 442 valence electrons. The second-order valence-electron chi connectivity index (χ2n) is 19.2. The van der Waals surface area contributed by atoms with Crippen LogP contribution in [0.3, 0.4) is 0 Å². The summed E-state index contributed by atoms with van der Waals surface area (Å²) < 4.78 is 21.9. The van der Waals surface area contributed by atoms with E-state index in [4.69, 9.17) is 18.0 Å². The number of allylic oxidation sites excluding steroid dienone is 2. The van der Waals surface area contributed by atoms with E-state index < -0.39 is 79.5 Å². The van der Waals surface area contributed by atoms with Crippen LogP contribution in [-0.4, -0.2) is 86.8 Å². The van der Waals surface area contributed by atoms with E-state index >= 15 is 0 Å². The molecule has 0 spiro atoms. The van der Waals surface area contributed by atoms with Crippen LogP contribution in [0.25, 0.3) is 78.2 Å². The van der Waals surface area contributed by atoms with Crippen LogP contribution < -0.4 is 21.0 Å². The molecule has 11 aromatic rings. The average molecular weight is 1190 g/mol. The van der Waals surface area contributed by atoms with Crippen molar-refractivity contribution in [3.63, 3.8) is 0 Å². The zero-order valence-corrected chi connectivity index (χ0v) is 44.8. The largest absolute Gasteiger partial charge is 0.508 e. The van der Waals surface area contributed by atoms with Crippen molar-refractivity contribution < 1.29 is 105 Å². The molecule has 17 N–H and O–H groups in total. The van der Waals surface area contributed by atoms with E-state index in [0.29, 0.717) is 22.6 Å². The lowest BCUT2D eigenvalue weighted by atomic mass is 9.96. The van der Waals surface area contributed by atoms with Crippen molar-refractivity contribution in [2.24, 2.45) is 0 Å². The monoisotopic (exact) mass is 1190 g/mol. The van der Waals surface area contributed by atoms with Gasteiger partial charge in [-0.25, -0.2) is 0 Å². The second kappa shape index (κ2) is 22.9. The Balaban J connectivity index is 0.000000138. The molecular weight excluding hydrogens is 1140 g/mol. The normalized spacial score (nSPS) is 11.5. The molecule has 24 nitrogen and oxygen atoms in total. The molecule has 8 aromatic carbocycles. The van der Waals surface area contributed by atoms with E-state index in [2.05, 4.69) is 6.58 Å². The summed E-state index contributed by atoms with van der Waals surface area (Å²) in [7, 11) is 0. The summed E-state index contributed by atoms with van der Waals surface area (Å²) in [4.78, 5) is 36.5. The van der Waals surface area contributed by atoms with Gasteiger partial charge < -0.3 is 105 Å². The van der Waals surface area contributed by atoms with Gasteiger partial charge in [0.05, 0.1) is 0 Å². The highest BCUT2D eigenvalue weighted by Crippen LogP contribution is 2.45. The summed E-state index contributed by atoms with van der Waals surface area (Å²) in [6, 6.07) is 26.4. The van der Waals surface area contributed by atoms with Gasteiger partial charge in [-0.2, -0.15) is 0 Å². The highest BCUT2D eigenvalue weighted by molar-refractivity contribution is 5.92. The van der Waals surface area contributed by atoms with Gasteiger partial charge in [0.1, 0.15) is 84.7 Å². The minimum absolute atomic E-state index is 0.00231. The Kier molecular flexibility index (Phi) is 15.5. The zero-order valence-electron chi connectivity index (χ0n) is 44.8. The Morgan fingerprint density at radius 3 is 1.15 bits per heavy atom.